The van der Waals surface area contributed by atoms with E-state index in [1.165, 1.54) is 6.92 Å². The van der Waals surface area contributed by atoms with Crippen molar-refractivity contribution in [2.24, 2.45) is 0 Å². The average molecular weight is 282 g/mol. The maximum atomic E-state index is 11.8. The molecule has 0 bridgehead atoms. The minimum Gasteiger partial charge on any atom is -0.462 e. The summed E-state index contributed by atoms with van der Waals surface area (Å²) in [5.74, 6) is -1.68. The maximum Gasteiger partial charge on any atom is 0.357 e. The summed E-state index contributed by atoms with van der Waals surface area (Å²) >= 11 is 0. The molecule has 0 radical (unpaired) electrons. The number of hydrogen-bond acceptors (Lipinski definition) is 7. The Balaban J connectivity index is 3.40. The van der Waals surface area contributed by atoms with Crippen molar-refractivity contribution >= 4 is 17.6 Å². The molecular formula is C12H14N2O6. The van der Waals surface area contributed by atoms with E-state index >= 15 is 0 Å². The van der Waals surface area contributed by atoms with E-state index in [2.05, 4.69) is 4.98 Å². The summed E-state index contributed by atoms with van der Waals surface area (Å²) < 4.78 is 9.54. The zero-order valence-electron chi connectivity index (χ0n) is 11.3. The maximum absolute atomic E-state index is 11.8. The number of aryl methyl sites for hydroxylation is 1. The van der Waals surface area contributed by atoms with Gasteiger partial charge >= 0.3 is 11.9 Å². The number of nitrogens with zero attached hydrogens (tertiary/aromatic N) is 2. The highest BCUT2D eigenvalue weighted by atomic mass is 16.6. The molecule has 20 heavy (non-hydrogen) atoms. The Morgan fingerprint density at radius 1 is 1.25 bits per heavy atom. The molecule has 0 saturated carbocycles. The smallest absolute Gasteiger partial charge is 0.357 e. The van der Waals surface area contributed by atoms with E-state index in [0.29, 0.717) is 0 Å². The van der Waals surface area contributed by atoms with Crippen LogP contribution in [0.25, 0.3) is 0 Å². The SMILES string of the molecule is CCOC(=O)c1cc([N+](=O)[O-])c(C)nc1C(=O)OCC. The van der Waals surface area contributed by atoms with E-state index in [4.69, 9.17) is 9.47 Å². The first-order valence-electron chi connectivity index (χ1n) is 5.92. The number of esters is 2. The highest BCUT2D eigenvalue weighted by Crippen LogP contribution is 2.21. The molecule has 0 aromatic carbocycles. The van der Waals surface area contributed by atoms with E-state index in [1.807, 2.05) is 0 Å². The van der Waals surface area contributed by atoms with Crippen LogP contribution in [0.3, 0.4) is 0 Å². The fourth-order valence-corrected chi connectivity index (χ4v) is 1.50. The van der Waals surface area contributed by atoms with Gasteiger partial charge in [-0.2, -0.15) is 0 Å². The molecule has 0 saturated heterocycles. The third-order valence-electron chi connectivity index (χ3n) is 2.35. The molecule has 0 spiro atoms. The molecule has 1 heterocycles. The molecule has 1 aromatic rings. The predicted molar refractivity (Wildman–Crippen MR) is 67.5 cm³/mol. The number of carbonyl (C=O) groups excluding carboxylic acids is 2. The van der Waals surface area contributed by atoms with Gasteiger partial charge in [0.25, 0.3) is 5.69 Å². The van der Waals surface area contributed by atoms with Gasteiger partial charge in [0, 0.05) is 6.07 Å². The van der Waals surface area contributed by atoms with Gasteiger partial charge in [0.2, 0.25) is 0 Å². The fraction of sp³-hybridized carbons (Fsp3) is 0.417. The van der Waals surface area contributed by atoms with Crippen molar-refractivity contribution in [3.05, 3.63) is 33.1 Å². The lowest BCUT2D eigenvalue weighted by atomic mass is 10.1. The van der Waals surface area contributed by atoms with Crippen molar-refractivity contribution in [1.29, 1.82) is 0 Å². The largest absolute Gasteiger partial charge is 0.462 e. The zero-order valence-corrected chi connectivity index (χ0v) is 11.3. The van der Waals surface area contributed by atoms with Gasteiger partial charge < -0.3 is 9.47 Å². The van der Waals surface area contributed by atoms with Crippen LogP contribution in [0.1, 0.15) is 40.4 Å². The second-order valence-corrected chi connectivity index (χ2v) is 3.69. The molecule has 1 aromatic heterocycles. The van der Waals surface area contributed by atoms with Gasteiger partial charge in [0.15, 0.2) is 5.69 Å². The van der Waals surface area contributed by atoms with Gasteiger partial charge in [-0.1, -0.05) is 0 Å². The number of aromatic nitrogens is 1. The summed E-state index contributed by atoms with van der Waals surface area (Å²) in [4.78, 5) is 37.5. The molecule has 0 aliphatic heterocycles. The van der Waals surface area contributed by atoms with Gasteiger partial charge in [-0.3, -0.25) is 10.1 Å². The molecule has 108 valence electrons. The second-order valence-electron chi connectivity index (χ2n) is 3.69. The summed E-state index contributed by atoms with van der Waals surface area (Å²) in [5, 5.41) is 10.9. The van der Waals surface area contributed by atoms with Crippen LogP contribution in [0.2, 0.25) is 0 Å². The molecule has 8 nitrogen and oxygen atoms in total. The molecule has 0 atom stereocenters. The first-order chi connectivity index (χ1) is 9.42. The number of hydrogen-bond donors (Lipinski definition) is 0. The number of nitro groups is 1. The number of ether oxygens (including phenoxy) is 2. The monoisotopic (exact) mass is 282 g/mol. The summed E-state index contributed by atoms with van der Waals surface area (Å²) in [6, 6.07) is 0.979. The molecule has 0 N–H and O–H groups in total. The lowest BCUT2D eigenvalue weighted by Crippen LogP contribution is -2.17. The Morgan fingerprint density at radius 2 is 1.80 bits per heavy atom. The van der Waals surface area contributed by atoms with Crippen LogP contribution in [-0.4, -0.2) is 35.1 Å². The minimum atomic E-state index is -0.855. The summed E-state index contributed by atoms with van der Waals surface area (Å²) in [5.41, 5.74) is -0.900. The van der Waals surface area contributed by atoms with Crippen LogP contribution in [0.4, 0.5) is 5.69 Å². The van der Waals surface area contributed by atoms with Gasteiger partial charge in [0.05, 0.1) is 23.7 Å². The standard InChI is InChI=1S/C12H14N2O6/c1-4-19-11(15)8-6-9(14(17)18)7(3)13-10(8)12(16)20-5-2/h6H,4-5H2,1-3H3. The third kappa shape index (κ3) is 3.28. The lowest BCUT2D eigenvalue weighted by Gasteiger charge is -2.08. The molecule has 1 rings (SSSR count). The highest BCUT2D eigenvalue weighted by molar-refractivity contribution is 6.02. The van der Waals surface area contributed by atoms with Gasteiger partial charge in [0.1, 0.15) is 5.69 Å². The summed E-state index contributed by atoms with van der Waals surface area (Å²) in [6.45, 7) is 4.72. The van der Waals surface area contributed by atoms with Gasteiger partial charge in [-0.25, -0.2) is 14.6 Å². The van der Waals surface area contributed by atoms with Crippen molar-refractivity contribution in [2.45, 2.75) is 20.8 Å². The van der Waals surface area contributed by atoms with E-state index in [-0.39, 0.29) is 35.9 Å². The van der Waals surface area contributed by atoms with Crippen LogP contribution < -0.4 is 0 Å². The molecule has 0 unspecified atom stereocenters. The van der Waals surface area contributed by atoms with Crippen LogP contribution in [0.5, 0.6) is 0 Å². The van der Waals surface area contributed by atoms with Crippen LogP contribution in [-0.2, 0) is 9.47 Å². The predicted octanol–water partition coefficient (Wildman–Crippen LogP) is 1.65. The third-order valence-corrected chi connectivity index (χ3v) is 2.35. The van der Waals surface area contributed by atoms with Crippen molar-refractivity contribution in [1.82, 2.24) is 4.98 Å². The molecule has 0 amide bonds. The molecule has 0 aliphatic rings. The van der Waals surface area contributed by atoms with Crippen LogP contribution in [0.15, 0.2) is 6.07 Å². The Kier molecular flexibility index (Phi) is 5.13. The van der Waals surface area contributed by atoms with Crippen LogP contribution >= 0.6 is 0 Å². The van der Waals surface area contributed by atoms with E-state index in [9.17, 15) is 19.7 Å². The van der Waals surface area contributed by atoms with Crippen molar-refractivity contribution in [3.8, 4) is 0 Å². The van der Waals surface area contributed by atoms with Crippen molar-refractivity contribution in [2.75, 3.05) is 13.2 Å². The van der Waals surface area contributed by atoms with Crippen LogP contribution in [0, 0.1) is 17.0 Å². The Hall–Kier alpha value is -2.51. The zero-order chi connectivity index (χ0) is 15.3. The lowest BCUT2D eigenvalue weighted by molar-refractivity contribution is -0.385. The molecule has 0 aliphatic carbocycles. The number of pyridine rings is 1. The molecule has 0 fully saturated rings. The van der Waals surface area contributed by atoms with E-state index < -0.39 is 16.9 Å². The molecule has 8 heteroatoms. The summed E-state index contributed by atoms with van der Waals surface area (Å²) in [6.07, 6.45) is 0. The molecular weight excluding hydrogens is 268 g/mol. The number of rotatable bonds is 5. The number of carbonyl (C=O) groups is 2. The second kappa shape index (κ2) is 6.60. The van der Waals surface area contributed by atoms with Gasteiger partial charge in [-0.05, 0) is 20.8 Å². The first kappa shape index (κ1) is 15.5. The fourth-order valence-electron chi connectivity index (χ4n) is 1.50. The Labute approximate surface area is 114 Å². The summed E-state index contributed by atoms with van der Waals surface area (Å²) in [7, 11) is 0. The highest BCUT2D eigenvalue weighted by Gasteiger charge is 2.26. The van der Waals surface area contributed by atoms with Gasteiger partial charge in [-0.15, -0.1) is 0 Å². The van der Waals surface area contributed by atoms with E-state index in [0.717, 1.165) is 6.07 Å². The first-order valence-corrected chi connectivity index (χ1v) is 5.92. The topological polar surface area (TPSA) is 109 Å². The normalized spacial score (nSPS) is 9.95. The minimum absolute atomic E-state index is 0.0195. The van der Waals surface area contributed by atoms with E-state index in [1.54, 1.807) is 13.8 Å². The Morgan fingerprint density at radius 3 is 2.30 bits per heavy atom. The van der Waals surface area contributed by atoms with Crippen molar-refractivity contribution in [3.63, 3.8) is 0 Å². The average Bonchev–Trinajstić information content (AvgIpc) is 2.38. The quantitative estimate of drug-likeness (QED) is 0.459. The van der Waals surface area contributed by atoms with Crippen molar-refractivity contribution < 1.29 is 24.0 Å². The Bertz CT molecular complexity index is 555.